The molecule has 0 aliphatic carbocycles. The van der Waals surface area contributed by atoms with Crippen LogP contribution in [-0.4, -0.2) is 4.99 Å². The van der Waals surface area contributed by atoms with E-state index in [2.05, 4.69) is 36.5 Å². The van der Waals surface area contributed by atoms with Gasteiger partial charge in [-0.3, -0.25) is 0 Å². The van der Waals surface area contributed by atoms with Crippen LogP contribution >= 0.6 is 23.8 Å². The van der Waals surface area contributed by atoms with E-state index in [1.807, 2.05) is 24.3 Å². The first kappa shape index (κ1) is 12.6. The predicted octanol–water partition coefficient (Wildman–Crippen LogP) is 4.08. The van der Waals surface area contributed by atoms with Gasteiger partial charge in [0.1, 0.15) is 4.99 Å². The molecular weight excluding hydrogens is 274 g/mol. The Balaban J connectivity index is 2.03. The fourth-order valence-electron chi connectivity index (χ4n) is 2.70. The highest BCUT2D eigenvalue weighted by Crippen LogP contribution is 2.35. The van der Waals surface area contributed by atoms with E-state index in [0.29, 0.717) is 0 Å². The van der Waals surface area contributed by atoms with Gasteiger partial charge in [0.15, 0.2) is 0 Å². The molecule has 1 nitrogen and oxygen atoms in total. The van der Waals surface area contributed by atoms with Crippen molar-refractivity contribution in [2.24, 2.45) is 0 Å². The minimum absolute atomic E-state index is 0.182. The highest BCUT2D eigenvalue weighted by atomic mass is 35.5. The molecule has 1 aliphatic rings. The van der Waals surface area contributed by atoms with E-state index in [-0.39, 0.29) is 5.54 Å². The van der Waals surface area contributed by atoms with Gasteiger partial charge >= 0.3 is 0 Å². The minimum Gasteiger partial charge on any atom is -0.366 e. The summed E-state index contributed by atoms with van der Waals surface area (Å²) in [6.45, 7) is 2.18. The van der Waals surface area contributed by atoms with Crippen molar-refractivity contribution < 1.29 is 0 Å². The van der Waals surface area contributed by atoms with Gasteiger partial charge in [0.05, 0.1) is 5.54 Å². The van der Waals surface area contributed by atoms with Crippen LogP contribution in [-0.2, 0) is 12.0 Å². The van der Waals surface area contributed by atoms with Crippen molar-refractivity contribution in [3.05, 3.63) is 70.2 Å². The summed E-state index contributed by atoms with van der Waals surface area (Å²) in [6.07, 6.45) is 0.890. The van der Waals surface area contributed by atoms with Crippen LogP contribution in [0.2, 0.25) is 5.02 Å². The Kier molecular flexibility index (Phi) is 3.08. The Morgan fingerprint density at radius 3 is 2.63 bits per heavy atom. The largest absolute Gasteiger partial charge is 0.366 e. The van der Waals surface area contributed by atoms with Crippen LogP contribution in [0.25, 0.3) is 0 Å². The molecule has 1 atom stereocenters. The average molecular weight is 288 g/mol. The van der Waals surface area contributed by atoms with Crippen molar-refractivity contribution in [1.82, 2.24) is 5.32 Å². The number of hydrogen-bond acceptors (Lipinski definition) is 1. The van der Waals surface area contributed by atoms with Crippen molar-refractivity contribution in [3.8, 4) is 0 Å². The van der Waals surface area contributed by atoms with Crippen LogP contribution in [0.3, 0.4) is 0 Å². The summed E-state index contributed by atoms with van der Waals surface area (Å²) in [4.78, 5) is 0.810. The lowest BCUT2D eigenvalue weighted by atomic mass is 9.86. The van der Waals surface area contributed by atoms with Crippen LogP contribution in [0, 0.1) is 0 Å². The Morgan fingerprint density at radius 2 is 1.89 bits per heavy atom. The zero-order valence-electron chi connectivity index (χ0n) is 10.6. The standard InChI is InChI=1S/C16H14ClNS/c1-16(10-11-5-3-2-4-6-11)14-9-12(17)7-8-13(14)15(19)18-16/h2-9H,10H2,1H3,(H,18,19). The summed E-state index contributed by atoms with van der Waals surface area (Å²) in [5.74, 6) is 0. The number of thiocarbonyl (C=S) groups is 1. The topological polar surface area (TPSA) is 12.0 Å². The van der Waals surface area contributed by atoms with Gasteiger partial charge in [-0.1, -0.05) is 60.2 Å². The second kappa shape index (κ2) is 4.62. The molecule has 0 fully saturated rings. The van der Waals surface area contributed by atoms with Crippen molar-refractivity contribution in [2.75, 3.05) is 0 Å². The molecule has 3 heteroatoms. The summed E-state index contributed by atoms with van der Waals surface area (Å²) < 4.78 is 0. The molecule has 0 amide bonds. The highest BCUT2D eigenvalue weighted by molar-refractivity contribution is 7.80. The molecule has 2 aromatic carbocycles. The third kappa shape index (κ3) is 2.26. The first-order valence-corrected chi connectivity index (χ1v) is 7.04. The fraction of sp³-hybridized carbons (Fsp3) is 0.188. The highest BCUT2D eigenvalue weighted by Gasteiger charge is 2.36. The molecule has 19 heavy (non-hydrogen) atoms. The van der Waals surface area contributed by atoms with Crippen molar-refractivity contribution >= 4 is 28.8 Å². The van der Waals surface area contributed by atoms with Crippen molar-refractivity contribution in [3.63, 3.8) is 0 Å². The lowest BCUT2D eigenvalue weighted by molar-refractivity contribution is 0.451. The van der Waals surface area contributed by atoms with E-state index >= 15 is 0 Å². The maximum absolute atomic E-state index is 6.13. The molecular formula is C16H14ClNS. The lowest BCUT2D eigenvalue weighted by Gasteiger charge is -2.26. The second-order valence-corrected chi connectivity index (χ2v) is 5.98. The molecule has 1 N–H and O–H groups in total. The van der Waals surface area contributed by atoms with E-state index in [4.69, 9.17) is 23.8 Å². The first-order valence-electron chi connectivity index (χ1n) is 6.25. The summed E-state index contributed by atoms with van der Waals surface area (Å²) >= 11 is 11.6. The van der Waals surface area contributed by atoms with Gasteiger partial charge in [-0.15, -0.1) is 0 Å². The van der Waals surface area contributed by atoms with Gasteiger partial charge in [-0.05, 0) is 36.6 Å². The second-order valence-electron chi connectivity index (χ2n) is 5.14. The number of halogens is 1. The SMILES string of the molecule is CC1(Cc2ccccc2)NC(=S)c2ccc(Cl)cc21. The van der Waals surface area contributed by atoms with Crippen LogP contribution in [0.1, 0.15) is 23.6 Å². The maximum Gasteiger partial charge on any atom is 0.107 e. The number of hydrogen-bond donors (Lipinski definition) is 1. The van der Waals surface area contributed by atoms with Crippen LogP contribution in [0.4, 0.5) is 0 Å². The zero-order chi connectivity index (χ0) is 13.5. The number of benzene rings is 2. The van der Waals surface area contributed by atoms with Gasteiger partial charge in [0.25, 0.3) is 0 Å². The summed E-state index contributed by atoms with van der Waals surface area (Å²) in [5.41, 5.74) is 3.39. The summed E-state index contributed by atoms with van der Waals surface area (Å²) in [7, 11) is 0. The van der Waals surface area contributed by atoms with Crippen LogP contribution in [0.5, 0.6) is 0 Å². The van der Waals surface area contributed by atoms with Crippen molar-refractivity contribution in [2.45, 2.75) is 18.9 Å². The number of nitrogens with one attached hydrogen (secondary N) is 1. The summed E-state index contributed by atoms with van der Waals surface area (Å²) in [5, 5.41) is 4.20. The van der Waals surface area contributed by atoms with Gasteiger partial charge in [-0.25, -0.2) is 0 Å². The molecule has 0 bridgehead atoms. The Morgan fingerprint density at radius 1 is 1.16 bits per heavy atom. The van der Waals surface area contributed by atoms with E-state index in [1.54, 1.807) is 0 Å². The maximum atomic E-state index is 6.13. The van der Waals surface area contributed by atoms with Crippen molar-refractivity contribution in [1.29, 1.82) is 0 Å². The normalized spacial score (nSPS) is 21.1. The van der Waals surface area contributed by atoms with E-state index in [9.17, 15) is 0 Å². The third-order valence-corrected chi connectivity index (χ3v) is 4.17. The summed E-state index contributed by atoms with van der Waals surface area (Å²) in [6, 6.07) is 16.3. The smallest absolute Gasteiger partial charge is 0.107 e. The monoisotopic (exact) mass is 287 g/mol. The molecule has 0 spiro atoms. The minimum atomic E-state index is -0.182. The molecule has 0 aromatic heterocycles. The molecule has 0 saturated carbocycles. The molecule has 1 unspecified atom stereocenters. The zero-order valence-corrected chi connectivity index (χ0v) is 12.2. The van der Waals surface area contributed by atoms with Crippen LogP contribution in [0.15, 0.2) is 48.5 Å². The quantitative estimate of drug-likeness (QED) is 0.836. The number of rotatable bonds is 2. The Labute approximate surface area is 123 Å². The van der Waals surface area contributed by atoms with E-state index < -0.39 is 0 Å². The van der Waals surface area contributed by atoms with Gasteiger partial charge in [-0.2, -0.15) is 0 Å². The van der Waals surface area contributed by atoms with Gasteiger partial charge in [0.2, 0.25) is 0 Å². The van der Waals surface area contributed by atoms with Gasteiger partial charge in [0, 0.05) is 10.6 Å². The Bertz CT molecular complexity index is 638. The molecule has 2 aromatic rings. The first-order chi connectivity index (χ1) is 9.08. The van der Waals surface area contributed by atoms with E-state index in [0.717, 1.165) is 22.0 Å². The number of fused-ring (bicyclic) bond motifs is 1. The average Bonchev–Trinajstić information content (AvgIpc) is 2.62. The third-order valence-electron chi connectivity index (χ3n) is 3.61. The molecule has 1 aliphatic heterocycles. The van der Waals surface area contributed by atoms with Crippen LogP contribution < -0.4 is 5.32 Å². The Hall–Kier alpha value is -1.38. The predicted molar refractivity (Wildman–Crippen MR) is 83.8 cm³/mol. The molecule has 1 heterocycles. The molecule has 96 valence electrons. The van der Waals surface area contributed by atoms with E-state index in [1.165, 1.54) is 11.1 Å². The lowest BCUT2D eigenvalue weighted by Crippen LogP contribution is -2.38. The molecule has 0 radical (unpaired) electrons. The molecule has 3 rings (SSSR count). The van der Waals surface area contributed by atoms with Gasteiger partial charge < -0.3 is 5.32 Å². The fourth-order valence-corrected chi connectivity index (χ4v) is 3.28. The molecule has 0 saturated heterocycles.